The number of methoxy groups -OCH3 is 1. The lowest BCUT2D eigenvalue weighted by atomic mass is 9.82. The van der Waals surface area contributed by atoms with Crippen LogP contribution in [-0.2, 0) is 15.8 Å². The van der Waals surface area contributed by atoms with Crippen LogP contribution < -0.4 is 25.3 Å². The highest BCUT2D eigenvalue weighted by molar-refractivity contribution is 5.95. The molecule has 1 unspecified atom stereocenters. The van der Waals surface area contributed by atoms with Crippen molar-refractivity contribution >= 4 is 11.8 Å². The number of alkyl halides is 1. The first-order chi connectivity index (χ1) is 18.5. The van der Waals surface area contributed by atoms with Crippen molar-refractivity contribution in [2.45, 2.75) is 24.9 Å². The van der Waals surface area contributed by atoms with Gasteiger partial charge in [0.25, 0.3) is 5.91 Å². The minimum atomic E-state index is -1.70. The number of nitrogens with zero attached hydrogens (tertiary/aromatic N) is 1. The van der Waals surface area contributed by atoms with Crippen LogP contribution in [-0.4, -0.2) is 55.4 Å². The number of nitrogens with two attached hydrogens (primary N) is 1. The van der Waals surface area contributed by atoms with Gasteiger partial charge in [-0.15, -0.1) is 0 Å². The maximum Gasteiger partial charge on any atom is 0.251 e. The fourth-order valence-electron chi connectivity index (χ4n) is 4.19. The average Bonchev–Trinajstić information content (AvgIpc) is 3.28. The molecule has 0 fully saturated rings. The Hall–Kier alpha value is -4.25. The average molecular weight is 542 g/mol. The van der Waals surface area contributed by atoms with Crippen LogP contribution in [0.15, 0.2) is 48.5 Å². The number of aromatic nitrogens is 1. The topological polar surface area (TPSA) is 133 Å². The molecule has 9 nitrogen and oxygen atoms in total. The molecule has 2 aromatic carbocycles. The fourth-order valence-corrected chi connectivity index (χ4v) is 4.19. The van der Waals surface area contributed by atoms with Crippen molar-refractivity contribution in [1.29, 1.82) is 0 Å². The molecule has 0 aliphatic carbocycles. The highest BCUT2D eigenvalue weighted by Gasteiger charge is 2.45. The molecule has 1 aliphatic rings. The molecule has 206 valence electrons. The van der Waals surface area contributed by atoms with Gasteiger partial charge in [0.15, 0.2) is 11.5 Å². The van der Waals surface area contributed by atoms with Gasteiger partial charge in [-0.25, -0.2) is 13.8 Å². The molecular formula is C28H29F2N3O6. The van der Waals surface area contributed by atoms with Gasteiger partial charge in [-0.2, -0.15) is 0 Å². The molecule has 4 rings (SSSR count). The van der Waals surface area contributed by atoms with Gasteiger partial charge in [-0.3, -0.25) is 9.59 Å². The van der Waals surface area contributed by atoms with Crippen molar-refractivity contribution in [1.82, 2.24) is 10.3 Å². The van der Waals surface area contributed by atoms with Crippen molar-refractivity contribution in [2.75, 3.05) is 33.5 Å². The summed E-state index contributed by atoms with van der Waals surface area (Å²) in [7, 11) is 1.39. The molecule has 39 heavy (non-hydrogen) atoms. The van der Waals surface area contributed by atoms with Gasteiger partial charge in [-0.1, -0.05) is 0 Å². The number of hydrogen-bond acceptors (Lipinski definition) is 7. The van der Waals surface area contributed by atoms with Gasteiger partial charge in [-0.05, 0) is 62.4 Å². The van der Waals surface area contributed by atoms with Crippen molar-refractivity contribution in [3.8, 4) is 28.5 Å². The van der Waals surface area contributed by atoms with E-state index >= 15 is 0 Å². The SMILES string of the molecule is COc1cc(C(=O)NCC(C)(O)c2cc3c(c(-c4ccc(F)cc4)n2)OC[C@]3(C)C(N)=O)ccc1OCCF. The summed E-state index contributed by atoms with van der Waals surface area (Å²) in [6, 6.07) is 11.5. The monoisotopic (exact) mass is 541 g/mol. The third kappa shape index (κ3) is 5.49. The summed E-state index contributed by atoms with van der Waals surface area (Å²) in [5.74, 6) is -0.733. The number of ether oxygens (including phenoxy) is 3. The Morgan fingerprint density at radius 3 is 2.56 bits per heavy atom. The first-order valence-corrected chi connectivity index (χ1v) is 12.1. The Morgan fingerprint density at radius 1 is 1.21 bits per heavy atom. The van der Waals surface area contributed by atoms with E-state index in [4.69, 9.17) is 19.9 Å². The maximum absolute atomic E-state index is 13.6. The Balaban J connectivity index is 1.64. The lowest BCUT2D eigenvalue weighted by Crippen LogP contribution is -2.41. The quantitative estimate of drug-likeness (QED) is 0.359. The van der Waals surface area contributed by atoms with Gasteiger partial charge in [0.05, 0.1) is 19.3 Å². The Bertz CT molecular complexity index is 1400. The van der Waals surface area contributed by atoms with E-state index in [9.17, 15) is 23.5 Å². The van der Waals surface area contributed by atoms with E-state index in [2.05, 4.69) is 10.3 Å². The number of aliphatic hydroxyl groups is 1. The molecule has 0 saturated carbocycles. The van der Waals surface area contributed by atoms with Crippen LogP contribution in [0.1, 0.15) is 35.5 Å². The number of amides is 2. The van der Waals surface area contributed by atoms with E-state index in [1.165, 1.54) is 62.6 Å². The number of pyridine rings is 1. The number of benzene rings is 2. The van der Waals surface area contributed by atoms with Crippen LogP contribution >= 0.6 is 0 Å². The molecule has 0 bridgehead atoms. The Morgan fingerprint density at radius 2 is 1.92 bits per heavy atom. The molecule has 0 saturated heterocycles. The lowest BCUT2D eigenvalue weighted by Gasteiger charge is -2.26. The largest absolute Gasteiger partial charge is 0.493 e. The van der Waals surface area contributed by atoms with E-state index in [1.54, 1.807) is 6.92 Å². The number of carbonyl (C=O) groups is 2. The third-order valence-electron chi connectivity index (χ3n) is 6.64. The molecule has 3 aromatic rings. The van der Waals surface area contributed by atoms with Crippen molar-refractivity contribution in [2.24, 2.45) is 5.73 Å². The number of primary amides is 1. The summed E-state index contributed by atoms with van der Waals surface area (Å²) in [6.07, 6.45) is 0. The lowest BCUT2D eigenvalue weighted by molar-refractivity contribution is -0.123. The van der Waals surface area contributed by atoms with Crippen LogP contribution in [0.2, 0.25) is 0 Å². The summed E-state index contributed by atoms with van der Waals surface area (Å²) in [4.78, 5) is 29.9. The number of carbonyl (C=O) groups excluding carboxylic acids is 2. The van der Waals surface area contributed by atoms with Gasteiger partial charge < -0.3 is 30.4 Å². The normalized spacial score (nSPS) is 17.5. The highest BCUT2D eigenvalue weighted by Crippen LogP contribution is 2.45. The number of fused-ring (bicyclic) bond motifs is 1. The zero-order valence-electron chi connectivity index (χ0n) is 21.7. The van der Waals surface area contributed by atoms with Crippen molar-refractivity contribution in [3.05, 3.63) is 71.2 Å². The van der Waals surface area contributed by atoms with E-state index in [0.29, 0.717) is 22.6 Å². The Labute approximate surface area is 223 Å². The number of nitrogens with one attached hydrogen (secondary N) is 1. The number of halogens is 2. The predicted octanol–water partition coefficient (Wildman–Crippen LogP) is 3.02. The van der Waals surface area contributed by atoms with E-state index in [1.807, 2.05) is 0 Å². The molecule has 1 aromatic heterocycles. The fraction of sp³-hybridized carbons (Fsp3) is 0.321. The summed E-state index contributed by atoms with van der Waals surface area (Å²) < 4.78 is 42.4. The predicted molar refractivity (Wildman–Crippen MR) is 138 cm³/mol. The molecule has 0 radical (unpaired) electrons. The zero-order chi connectivity index (χ0) is 28.4. The Kier molecular flexibility index (Phi) is 7.73. The highest BCUT2D eigenvalue weighted by atomic mass is 19.1. The maximum atomic E-state index is 13.6. The van der Waals surface area contributed by atoms with Gasteiger partial charge in [0, 0.05) is 16.7 Å². The molecule has 11 heteroatoms. The molecule has 0 spiro atoms. The molecule has 2 amide bonds. The van der Waals surface area contributed by atoms with Crippen LogP contribution in [0.4, 0.5) is 8.78 Å². The zero-order valence-corrected chi connectivity index (χ0v) is 21.7. The number of hydrogen-bond donors (Lipinski definition) is 3. The van der Waals surface area contributed by atoms with E-state index in [0.717, 1.165) is 0 Å². The van der Waals surface area contributed by atoms with Crippen molar-refractivity contribution in [3.63, 3.8) is 0 Å². The minimum Gasteiger partial charge on any atom is -0.493 e. The second kappa shape index (κ2) is 10.9. The van der Waals surface area contributed by atoms with Gasteiger partial charge >= 0.3 is 0 Å². The van der Waals surface area contributed by atoms with Crippen LogP contribution in [0.25, 0.3) is 11.3 Å². The van der Waals surface area contributed by atoms with Gasteiger partial charge in [0.2, 0.25) is 5.91 Å². The first-order valence-electron chi connectivity index (χ1n) is 12.1. The molecule has 2 atom stereocenters. The minimum absolute atomic E-state index is 0.0251. The summed E-state index contributed by atoms with van der Waals surface area (Å²) in [5, 5.41) is 14.1. The van der Waals surface area contributed by atoms with Crippen LogP contribution in [0, 0.1) is 5.82 Å². The van der Waals surface area contributed by atoms with E-state index in [-0.39, 0.29) is 42.5 Å². The number of rotatable bonds is 10. The second-order valence-electron chi connectivity index (χ2n) is 9.58. The molecule has 1 aliphatic heterocycles. The second-order valence-corrected chi connectivity index (χ2v) is 9.58. The summed E-state index contributed by atoms with van der Waals surface area (Å²) in [5.41, 5.74) is 4.40. The smallest absolute Gasteiger partial charge is 0.251 e. The molecule has 2 heterocycles. The van der Waals surface area contributed by atoms with Gasteiger partial charge in [0.1, 0.15) is 48.2 Å². The first kappa shape index (κ1) is 27.8. The summed E-state index contributed by atoms with van der Waals surface area (Å²) in [6.45, 7) is 1.98. The third-order valence-corrected chi connectivity index (χ3v) is 6.64. The summed E-state index contributed by atoms with van der Waals surface area (Å²) >= 11 is 0. The van der Waals surface area contributed by atoms with Crippen LogP contribution in [0.5, 0.6) is 17.2 Å². The van der Waals surface area contributed by atoms with Crippen molar-refractivity contribution < 1.29 is 37.7 Å². The van der Waals surface area contributed by atoms with E-state index < -0.39 is 35.3 Å². The van der Waals surface area contributed by atoms with Crippen LogP contribution in [0.3, 0.4) is 0 Å². The standard InChI is InChI=1S/C28H29F2N3O6/c1-27(26(31)35)15-39-24-19(27)13-22(33-23(24)16-4-7-18(30)8-5-16)28(2,36)14-32-25(34)17-6-9-20(38-11-10-29)21(12-17)37-3/h4-9,12-13,36H,10-11,14-15H2,1-3H3,(H2,31,35)(H,32,34)/t27-,28?/m0/s1. The molecule has 4 N–H and O–H groups in total. The molecular weight excluding hydrogens is 512 g/mol.